The van der Waals surface area contributed by atoms with Gasteiger partial charge in [-0.25, -0.2) is 4.79 Å². The van der Waals surface area contributed by atoms with E-state index in [2.05, 4.69) is 5.32 Å². The number of fused-ring (bicyclic) bond motifs is 1. The van der Waals surface area contributed by atoms with Gasteiger partial charge in [-0.1, -0.05) is 30.3 Å². The number of esters is 1. The number of nitrogens with zero attached hydrogens (tertiary/aromatic N) is 2. The highest BCUT2D eigenvalue weighted by Gasteiger charge is 2.68. The van der Waals surface area contributed by atoms with Crippen LogP contribution in [0.4, 0.5) is 0 Å². The highest BCUT2D eigenvalue weighted by Crippen LogP contribution is 2.54. The van der Waals surface area contributed by atoms with Gasteiger partial charge in [0.2, 0.25) is 11.8 Å². The van der Waals surface area contributed by atoms with Gasteiger partial charge < -0.3 is 19.3 Å². The second-order valence-electron chi connectivity index (χ2n) is 8.83. The first-order valence-corrected chi connectivity index (χ1v) is 10.8. The summed E-state index contributed by atoms with van der Waals surface area (Å²) < 4.78 is 9.44. The first kappa shape index (κ1) is 21.1. The molecule has 4 atom stereocenters. The molecule has 0 aliphatic carbocycles. The molecule has 3 saturated heterocycles. The third-order valence-corrected chi connectivity index (χ3v) is 7.51. The highest BCUT2D eigenvalue weighted by atomic mass is 32.2. The Morgan fingerprint density at radius 1 is 1.13 bits per heavy atom. The van der Waals surface area contributed by atoms with E-state index in [1.807, 2.05) is 58.0 Å². The number of carbonyl (C=O) groups is 3. The maximum atomic E-state index is 13.4. The molecule has 3 aliphatic rings. The third-order valence-electron chi connectivity index (χ3n) is 5.95. The minimum atomic E-state index is -0.718. The molecule has 9 heteroatoms. The number of carbonyl (C=O) groups excluding carboxylic acids is 3. The van der Waals surface area contributed by atoms with Crippen LogP contribution in [-0.4, -0.2) is 69.4 Å². The molecule has 1 N–H and O–H groups in total. The monoisotopic (exact) mass is 433 g/mol. The van der Waals surface area contributed by atoms with Gasteiger partial charge in [0.25, 0.3) is 0 Å². The number of rotatable bonds is 5. The van der Waals surface area contributed by atoms with Crippen LogP contribution >= 0.6 is 11.8 Å². The Balaban J connectivity index is 1.60. The van der Waals surface area contributed by atoms with Crippen molar-refractivity contribution in [2.45, 2.75) is 61.6 Å². The van der Waals surface area contributed by atoms with Crippen LogP contribution in [0.1, 0.15) is 39.3 Å². The van der Waals surface area contributed by atoms with Crippen molar-refractivity contribution >= 4 is 29.5 Å². The molecule has 4 rings (SSSR count). The molecular formula is C21H27N3O5S. The molecule has 8 nitrogen and oxygen atoms in total. The Hall–Kier alpha value is -2.10. The van der Waals surface area contributed by atoms with E-state index in [-0.39, 0.29) is 24.0 Å². The molecular weight excluding hydrogens is 406 g/mol. The van der Waals surface area contributed by atoms with Gasteiger partial charge in [0.05, 0.1) is 5.66 Å². The molecule has 1 aromatic rings. The van der Waals surface area contributed by atoms with Gasteiger partial charge in [-0.2, -0.15) is 0 Å². The zero-order chi connectivity index (χ0) is 21.8. The summed E-state index contributed by atoms with van der Waals surface area (Å²) in [6.07, 6.45) is 0. The molecule has 1 aromatic carbocycles. The van der Waals surface area contributed by atoms with E-state index in [1.165, 1.54) is 18.9 Å². The van der Waals surface area contributed by atoms with Gasteiger partial charge >= 0.3 is 5.97 Å². The Labute approximate surface area is 180 Å². The van der Waals surface area contributed by atoms with Crippen LogP contribution in [-0.2, 0) is 23.9 Å². The number of nitrogens with one attached hydrogen (secondary N) is 1. The van der Waals surface area contributed by atoms with Crippen molar-refractivity contribution in [3.05, 3.63) is 35.9 Å². The van der Waals surface area contributed by atoms with Crippen LogP contribution in [0.15, 0.2) is 30.3 Å². The van der Waals surface area contributed by atoms with Crippen molar-refractivity contribution in [1.29, 1.82) is 0 Å². The number of thioether (sulfide) groups is 1. The summed E-state index contributed by atoms with van der Waals surface area (Å²) in [5.74, 6) is -0.849. The van der Waals surface area contributed by atoms with E-state index in [4.69, 9.17) is 9.47 Å². The van der Waals surface area contributed by atoms with Crippen molar-refractivity contribution in [3.63, 3.8) is 0 Å². The van der Waals surface area contributed by atoms with Crippen LogP contribution in [0.3, 0.4) is 0 Å². The summed E-state index contributed by atoms with van der Waals surface area (Å²) in [4.78, 5) is 42.4. The van der Waals surface area contributed by atoms with Crippen LogP contribution in [0.25, 0.3) is 0 Å². The molecule has 2 amide bonds. The number of methoxy groups -OCH3 is 1. The number of amides is 2. The minimum absolute atomic E-state index is 0.131. The minimum Gasteiger partial charge on any atom is -0.437 e. The van der Waals surface area contributed by atoms with E-state index < -0.39 is 34.5 Å². The summed E-state index contributed by atoms with van der Waals surface area (Å²) in [5.41, 5.74) is 0.158. The lowest BCUT2D eigenvalue weighted by molar-refractivity contribution is -0.176. The van der Waals surface area contributed by atoms with Crippen LogP contribution in [0.2, 0.25) is 0 Å². The predicted molar refractivity (Wildman–Crippen MR) is 111 cm³/mol. The average molecular weight is 434 g/mol. The second-order valence-corrected chi connectivity index (χ2v) is 10.6. The van der Waals surface area contributed by atoms with E-state index in [0.29, 0.717) is 0 Å². The molecule has 3 heterocycles. The van der Waals surface area contributed by atoms with E-state index in [1.54, 1.807) is 9.80 Å². The fourth-order valence-electron chi connectivity index (χ4n) is 4.66. The first-order valence-electron chi connectivity index (χ1n) is 9.91. The smallest absolute Gasteiger partial charge is 0.332 e. The fourth-order valence-corrected chi connectivity index (χ4v) is 6.33. The topological polar surface area (TPSA) is 88.2 Å². The van der Waals surface area contributed by atoms with Gasteiger partial charge in [0.15, 0.2) is 6.79 Å². The Kier molecular flexibility index (Phi) is 5.11. The Morgan fingerprint density at radius 3 is 2.43 bits per heavy atom. The third kappa shape index (κ3) is 3.11. The zero-order valence-electron chi connectivity index (χ0n) is 17.7. The SMILES string of the molecule is COCOC(=O)[C@@H]1N2C(=O)C(N3C(=O)C(c4ccccc4)NC3(C)C)[C@H]2SC1(C)C. The van der Waals surface area contributed by atoms with Crippen molar-refractivity contribution in [2.24, 2.45) is 0 Å². The molecule has 3 fully saturated rings. The van der Waals surface area contributed by atoms with Crippen molar-refractivity contribution in [2.75, 3.05) is 13.9 Å². The van der Waals surface area contributed by atoms with Crippen molar-refractivity contribution in [1.82, 2.24) is 15.1 Å². The lowest BCUT2D eigenvalue weighted by Gasteiger charge is -2.50. The van der Waals surface area contributed by atoms with Gasteiger partial charge in [-0.15, -0.1) is 11.8 Å². The maximum absolute atomic E-state index is 13.4. The highest BCUT2D eigenvalue weighted by molar-refractivity contribution is 8.01. The van der Waals surface area contributed by atoms with Crippen LogP contribution in [0.5, 0.6) is 0 Å². The summed E-state index contributed by atoms with van der Waals surface area (Å²) in [5, 5.41) is 3.07. The quantitative estimate of drug-likeness (QED) is 0.427. The van der Waals surface area contributed by atoms with E-state index in [9.17, 15) is 14.4 Å². The average Bonchev–Trinajstić information content (AvgIpc) is 3.09. The number of benzene rings is 1. The predicted octanol–water partition coefficient (Wildman–Crippen LogP) is 1.47. The summed E-state index contributed by atoms with van der Waals surface area (Å²) in [7, 11) is 1.44. The zero-order valence-corrected chi connectivity index (χ0v) is 18.6. The summed E-state index contributed by atoms with van der Waals surface area (Å²) >= 11 is 1.53. The van der Waals surface area contributed by atoms with E-state index >= 15 is 0 Å². The summed E-state index contributed by atoms with van der Waals surface area (Å²) in [6, 6.07) is 7.63. The van der Waals surface area contributed by atoms with Crippen molar-refractivity contribution < 1.29 is 23.9 Å². The molecule has 30 heavy (non-hydrogen) atoms. The fraction of sp³-hybridized carbons (Fsp3) is 0.571. The molecule has 0 radical (unpaired) electrons. The molecule has 3 aliphatic heterocycles. The molecule has 0 aromatic heterocycles. The Morgan fingerprint density at radius 2 is 1.80 bits per heavy atom. The van der Waals surface area contributed by atoms with Gasteiger partial charge in [0, 0.05) is 11.9 Å². The second kappa shape index (κ2) is 7.25. The standard InChI is InChI=1S/C21H27N3O5S/c1-20(2)15(19(27)29-11-28-5)23-17(26)14(18(23)30-20)24-16(25)13(22-21(24,3)4)12-9-7-6-8-10-12/h6-10,13-15,18,22H,11H2,1-5H3/t13?,14?,15-,18+/m0/s1. The number of ether oxygens (including phenoxy) is 2. The molecule has 0 spiro atoms. The van der Waals surface area contributed by atoms with Crippen LogP contribution < -0.4 is 5.32 Å². The number of β-lactam (4-membered cyclic amide) rings is 1. The molecule has 2 unspecified atom stereocenters. The van der Waals surface area contributed by atoms with Gasteiger partial charge in [-0.3, -0.25) is 14.9 Å². The van der Waals surface area contributed by atoms with Gasteiger partial charge in [0.1, 0.15) is 23.5 Å². The first-order chi connectivity index (χ1) is 14.1. The lowest BCUT2D eigenvalue weighted by Crippen LogP contribution is -2.73. The maximum Gasteiger partial charge on any atom is 0.332 e. The number of hydrogen-bond acceptors (Lipinski definition) is 7. The Bertz CT molecular complexity index is 875. The molecule has 0 saturated carbocycles. The van der Waals surface area contributed by atoms with Crippen LogP contribution in [0, 0.1) is 0 Å². The van der Waals surface area contributed by atoms with E-state index in [0.717, 1.165) is 5.56 Å². The molecule has 162 valence electrons. The number of hydrogen-bond donors (Lipinski definition) is 1. The lowest BCUT2D eigenvalue weighted by atomic mass is 9.94. The normalized spacial score (nSPS) is 31.5. The van der Waals surface area contributed by atoms with Crippen molar-refractivity contribution in [3.8, 4) is 0 Å². The summed E-state index contributed by atoms with van der Waals surface area (Å²) in [6.45, 7) is 7.48. The molecule has 0 bridgehead atoms. The van der Waals surface area contributed by atoms with Gasteiger partial charge in [-0.05, 0) is 33.3 Å². The largest absolute Gasteiger partial charge is 0.437 e.